The second-order valence-corrected chi connectivity index (χ2v) is 4.00. The van der Waals surface area contributed by atoms with Crippen LogP contribution >= 0.6 is 0 Å². The lowest BCUT2D eigenvalue weighted by Gasteiger charge is -2.04. The fraction of sp³-hybridized carbons (Fsp3) is 0.615. The van der Waals surface area contributed by atoms with Crippen molar-refractivity contribution in [1.29, 1.82) is 0 Å². The van der Waals surface area contributed by atoms with Crippen LogP contribution in [0.5, 0.6) is 0 Å². The highest BCUT2D eigenvalue weighted by molar-refractivity contribution is 5.87. The van der Waals surface area contributed by atoms with Crippen molar-refractivity contribution in [3.8, 4) is 0 Å². The number of methoxy groups -OCH3 is 2. The zero-order valence-corrected chi connectivity index (χ0v) is 11.0. The molecule has 0 atom stereocenters. The Balaban J connectivity index is 2.19. The van der Waals surface area contributed by atoms with E-state index < -0.39 is 5.97 Å². The van der Waals surface area contributed by atoms with Crippen molar-refractivity contribution in [2.75, 3.05) is 27.4 Å². The maximum atomic E-state index is 11.3. The quantitative estimate of drug-likeness (QED) is 0.540. The van der Waals surface area contributed by atoms with Gasteiger partial charge in [-0.3, -0.25) is 0 Å². The van der Waals surface area contributed by atoms with E-state index in [0.717, 1.165) is 38.0 Å². The van der Waals surface area contributed by atoms with Crippen molar-refractivity contribution in [2.45, 2.75) is 25.8 Å². The summed E-state index contributed by atoms with van der Waals surface area (Å²) >= 11 is 0. The Morgan fingerprint density at radius 1 is 1.33 bits per heavy atom. The number of furan rings is 1. The molecule has 0 fully saturated rings. The van der Waals surface area contributed by atoms with E-state index in [1.165, 1.54) is 13.4 Å². The third kappa shape index (κ3) is 4.89. The molecule has 0 aromatic carbocycles. The highest BCUT2D eigenvalue weighted by atomic mass is 16.5. The van der Waals surface area contributed by atoms with Gasteiger partial charge in [-0.2, -0.15) is 0 Å². The van der Waals surface area contributed by atoms with Crippen molar-refractivity contribution >= 4 is 5.97 Å². The predicted octanol–water partition coefficient (Wildman–Crippen LogP) is 1.97. The highest BCUT2D eigenvalue weighted by Crippen LogP contribution is 2.11. The molecule has 0 spiro atoms. The van der Waals surface area contributed by atoms with E-state index >= 15 is 0 Å². The number of unbranched alkanes of at least 4 members (excludes halogenated alkanes) is 2. The SMILES string of the molecule is COCCCCCNCc1ccoc1C(=O)OC. The molecular weight excluding hydrogens is 234 g/mol. The van der Waals surface area contributed by atoms with E-state index in [2.05, 4.69) is 10.1 Å². The number of rotatable bonds is 9. The molecule has 1 N–H and O–H groups in total. The van der Waals surface area contributed by atoms with Crippen molar-refractivity contribution in [2.24, 2.45) is 0 Å². The van der Waals surface area contributed by atoms with Crippen LogP contribution in [-0.2, 0) is 16.0 Å². The summed E-state index contributed by atoms with van der Waals surface area (Å²) in [5, 5.41) is 3.28. The first-order valence-electron chi connectivity index (χ1n) is 6.14. The molecule has 0 saturated carbocycles. The molecule has 5 nitrogen and oxygen atoms in total. The van der Waals surface area contributed by atoms with E-state index in [1.54, 1.807) is 13.2 Å². The Morgan fingerprint density at radius 2 is 2.17 bits per heavy atom. The first-order valence-corrected chi connectivity index (χ1v) is 6.14. The van der Waals surface area contributed by atoms with Gasteiger partial charge in [-0.15, -0.1) is 0 Å². The Bertz CT molecular complexity index is 349. The first-order chi connectivity index (χ1) is 8.79. The number of esters is 1. The van der Waals surface area contributed by atoms with Crippen molar-refractivity contribution in [3.05, 3.63) is 23.7 Å². The van der Waals surface area contributed by atoms with Gasteiger partial charge in [0, 0.05) is 25.8 Å². The van der Waals surface area contributed by atoms with Crippen molar-refractivity contribution in [3.63, 3.8) is 0 Å². The molecule has 0 aliphatic carbocycles. The summed E-state index contributed by atoms with van der Waals surface area (Å²) in [4.78, 5) is 11.3. The minimum Gasteiger partial charge on any atom is -0.463 e. The molecule has 0 radical (unpaired) electrons. The fourth-order valence-electron chi connectivity index (χ4n) is 1.64. The zero-order chi connectivity index (χ0) is 13.2. The molecule has 1 heterocycles. The van der Waals surface area contributed by atoms with E-state index in [1.807, 2.05) is 0 Å². The van der Waals surface area contributed by atoms with Crippen LogP contribution in [0.2, 0.25) is 0 Å². The molecule has 0 unspecified atom stereocenters. The van der Waals surface area contributed by atoms with Crippen LogP contribution in [0.15, 0.2) is 16.7 Å². The lowest BCUT2D eigenvalue weighted by Crippen LogP contribution is -2.16. The van der Waals surface area contributed by atoms with Gasteiger partial charge < -0.3 is 19.2 Å². The van der Waals surface area contributed by atoms with Gasteiger partial charge in [0.15, 0.2) is 0 Å². The maximum Gasteiger partial charge on any atom is 0.374 e. The number of nitrogens with one attached hydrogen (secondary N) is 1. The third-order valence-corrected chi connectivity index (χ3v) is 2.64. The highest BCUT2D eigenvalue weighted by Gasteiger charge is 2.14. The molecule has 0 bridgehead atoms. The molecule has 0 aliphatic rings. The molecule has 5 heteroatoms. The Hall–Kier alpha value is -1.33. The van der Waals surface area contributed by atoms with Gasteiger partial charge >= 0.3 is 5.97 Å². The average Bonchev–Trinajstić information content (AvgIpc) is 2.85. The molecule has 1 aromatic heterocycles. The van der Waals surface area contributed by atoms with Gasteiger partial charge in [0.2, 0.25) is 5.76 Å². The van der Waals surface area contributed by atoms with E-state index in [4.69, 9.17) is 9.15 Å². The number of hydrogen-bond acceptors (Lipinski definition) is 5. The van der Waals surface area contributed by atoms with Crippen LogP contribution in [0, 0.1) is 0 Å². The average molecular weight is 255 g/mol. The Labute approximate surface area is 107 Å². The summed E-state index contributed by atoms with van der Waals surface area (Å²) in [7, 11) is 3.06. The van der Waals surface area contributed by atoms with Gasteiger partial charge in [-0.25, -0.2) is 4.79 Å². The van der Waals surface area contributed by atoms with Crippen LogP contribution in [-0.4, -0.2) is 33.3 Å². The summed E-state index contributed by atoms with van der Waals surface area (Å²) in [6.07, 6.45) is 4.81. The van der Waals surface area contributed by atoms with Gasteiger partial charge in [0.25, 0.3) is 0 Å². The lowest BCUT2D eigenvalue weighted by atomic mass is 10.2. The Morgan fingerprint density at radius 3 is 2.89 bits per heavy atom. The molecule has 0 amide bonds. The van der Waals surface area contributed by atoms with Gasteiger partial charge in [0.05, 0.1) is 13.4 Å². The zero-order valence-electron chi connectivity index (χ0n) is 11.0. The molecule has 1 aromatic rings. The standard InChI is InChI=1S/C13H21NO4/c1-16-8-5-3-4-7-14-10-11-6-9-18-12(11)13(15)17-2/h6,9,14H,3-5,7-8,10H2,1-2H3. The Kier molecular flexibility index (Phi) is 7.13. The summed E-state index contributed by atoms with van der Waals surface area (Å²) in [6.45, 7) is 2.34. The summed E-state index contributed by atoms with van der Waals surface area (Å²) < 4.78 is 14.7. The number of ether oxygens (including phenoxy) is 2. The minimum atomic E-state index is -0.433. The maximum absolute atomic E-state index is 11.3. The molecule has 102 valence electrons. The first kappa shape index (κ1) is 14.7. The van der Waals surface area contributed by atoms with E-state index in [9.17, 15) is 4.79 Å². The minimum absolute atomic E-state index is 0.282. The van der Waals surface area contributed by atoms with E-state index in [-0.39, 0.29) is 5.76 Å². The second-order valence-electron chi connectivity index (χ2n) is 4.00. The molecular formula is C13H21NO4. The van der Waals surface area contributed by atoms with Crippen LogP contribution in [0.25, 0.3) is 0 Å². The molecule has 1 rings (SSSR count). The third-order valence-electron chi connectivity index (χ3n) is 2.64. The lowest BCUT2D eigenvalue weighted by molar-refractivity contribution is 0.0563. The smallest absolute Gasteiger partial charge is 0.374 e. The molecule has 0 saturated heterocycles. The summed E-state index contributed by atoms with van der Waals surface area (Å²) in [6, 6.07) is 1.78. The second kappa shape index (κ2) is 8.72. The van der Waals surface area contributed by atoms with Crippen LogP contribution in [0.4, 0.5) is 0 Å². The number of carbonyl (C=O) groups is 1. The van der Waals surface area contributed by atoms with Gasteiger partial charge in [0.1, 0.15) is 0 Å². The monoisotopic (exact) mass is 255 g/mol. The van der Waals surface area contributed by atoms with E-state index in [0.29, 0.717) is 6.54 Å². The normalized spacial score (nSPS) is 10.6. The van der Waals surface area contributed by atoms with Crippen LogP contribution in [0.1, 0.15) is 35.4 Å². The topological polar surface area (TPSA) is 60.7 Å². The molecule has 18 heavy (non-hydrogen) atoms. The van der Waals surface area contributed by atoms with Crippen LogP contribution in [0.3, 0.4) is 0 Å². The largest absolute Gasteiger partial charge is 0.463 e. The van der Waals surface area contributed by atoms with Crippen molar-refractivity contribution in [1.82, 2.24) is 5.32 Å². The number of hydrogen-bond donors (Lipinski definition) is 1. The predicted molar refractivity (Wildman–Crippen MR) is 67.5 cm³/mol. The summed E-state index contributed by atoms with van der Waals surface area (Å²) in [5.74, 6) is -0.152. The van der Waals surface area contributed by atoms with Crippen molar-refractivity contribution < 1.29 is 18.7 Å². The van der Waals surface area contributed by atoms with Crippen LogP contribution < -0.4 is 5.32 Å². The van der Waals surface area contributed by atoms with Gasteiger partial charge in [-0.05, 0) is 31.9 Å². The molecule has 0 aliphatic heterocycles. The van der Waals surface area contributed by atoms with Gasteiger partial charge in [-0.1, -0.05) is 0 Å². The number of carbonyl (C=O) groups excluding carboxylic acids is 1. The summed E-state index contributed by atoms with van der Waals surface area (Å²) in [5.41, 5.74) is 0.832. The fourth-order valence-corrected chi connectivity index (χ4v) is 1.64.